The van der Waals surface area contributed by atoms with Gasteiger partial charge in [0.25, 0.3) is 5.89 Å². The minimum absolute atomic E-state index is 0.0842. The third-order valence-electron chi connectivity index (χ3n) is 4.88. The van der Waals surface area contributed by atoms with Crippen molar-refractivity contribution in [1.82, 2.24) is 15.2 Å². The number of rotatable bonds is 7. The van der Waals surface area contributed by atoms with Crippen LogP contribution in [0, 0.1) is 0 Å². The number of aromatic nitrogens is 1. The molecular weight excluding hydrogens is 443 g/mol. The van der Waals surface area contributed by atoms with Gasteiger partial charge in [-0.05, 0) is 24.5 Å². The number of ether oxygens (including phenoxy) is 1. The summed E-state index contributed by atoms with van der Waals surface area (Å²) in [5.41, 5.74) is 3.51. The molecule has 1 aliphatic rings. The van der Waals surface area contributed by atoms with Gasteiger partial charge >= 0.3 is 18.1 Å². The number of aryl methyl sites for hydroxylation is 1. The molecule has 2 aromatic rings. The molecule has 1 atom stereocenters. The SMILES string of the molecule is CCc1ccc(CN2CCc3oc(C(=O)NC(C)COC)nc3C2)cc1.O=C(O)C(F)(F)F. The molecule has 0 bridgehead atoms. The van der Waals surface area contributed by atoms with Gasteiger partial charge in [0.05, 0.1) is 12.3 Å². The number of carbonyl (C=O) groups excluding carboxylic acids is 1. The van der Waals surface area contributed by atoms with Crippen molar-refractivity contribution in [3.63, 3.8) is 0 Å². The Morgan fingerprint density at radius 2 is 1.88 bits per heavy atom. The van der Waals surface area contributed by atoms with E-state index in [0.717, 1.165) is 37.4 Å². The second-order valence-electron chi connectivity index (χ2n) is 7.65. The Morgan fingerprint density at radius 1 is 1.27 bits per heavy atom. The molecule has 0 spiro atoms. The number of carboxylic acids is 1. The first-order chi connectivity index (χ1) is 15.5. The zero-order valence-electron chi connectivity index (χ0n) is 18.7. The number of oxazole rings is 1. The number of amides is 1. The molecule has 1 amide bonds. The number of nitrogens with one attached hydrogen (secondary N) is 1. The van der Waals surface area contributed by atoms with Crippen LogP contribution in [0.5, 0.6) is 0 Å². The Kier molecular flexibility index (Phi) is 9.42. The number of benzene rings is 1. The highest BCUT2D eigenvalue weighted by Crippen LogP contribution is 2.21. The fraction of sp³-hybridized carbons (Fsp3) is 0.500. The Hall–Kier alpha value is -2.92. The van der Waals surface area contributed by atoms with E-state index in [9.17, 15) is 18.0 Å². The number of hydrogen-bond donors (Lipinski definition) is 2. The van der Waals surface area contributed by atoms with Crippen molar-refractivity contribution in [2.75, 3.05) is 20.3 Å². The van der Waals surface area contributed by atoms with Gasteiger partial charge in [0.2, 0.25) is 0 Å². The first kappa shape index (κ1) is 26.3. The van der Waals surface area contributed by atoms with Crippen LogP contribution in [0.25, 0.3) is 0 Å². The van der Waals surface area contributed by atoms with Gasteiger partial charge in [-0.1, -0.05) is 31.2 Å². The average Bonchev–Trinajstić information content (AvgIpc) is 3.18. The van der Waals surface area contributed by atoms with Crippen molar-refractivity contribution in [1.29, 1.82) is 0 Å². The van der Waals surface area contributed by atoms with E-state index >= 15 is 0 Å². The zero-order chi connectivity index (χ0) is 24.6. The molecule has 0 aliphatic carbocycles. The molecule has 1 aromatic heterocycles. The molecule has 2 heterocycles. The van der Waals surface area contributed by atoms with E-state index < -0.39 is 12.1 Å². The molecule has 0 fully saturated rings. The van der Waals surface area contributed by atoms with Gasteiger partial charge in [0, 0.05) is 39.2 Å². The molecule has 33 heavy (non-hydrogen) atoms. The monoisotopic (exact) mass is 471 g/mol. The number of fused-ring (bicyclic) bond motifs is 1. The minimum atomic E-state index is -5.08. The van der Waals surface area contributed by atoms with Crippen molar-refractivity contribution < 1.29 is 37.0 Å². The molecule has 8 nitrogen and oxygen atoms in total. The number of nitrogens with zero attached hydrogens (tertiary/aromatic N) is 2. The quantitative estimate of drug-likeness (QED) is 0.639. The smallest absolute Gasteiger partial charge is 0.475 e. The van der Waals surface area contributed by atoms with E-state index in [0.29, 0.717) is 13.2 Å². The largest absolute Gasteiger partial charge is 0.490 e. The molecule has 2 N–H and O–H groups in total. The summed E-state index contributed by atoms with van der Waals surface area (Å²) >= 11 is 0. The van der Waals surface area contributed by atoms with Crippen molar-refractivity contribution in [2.45, 2.75) is 52.0 Å². The summed E-state index contributed by atoms with van der Waals surface area (Å²) in [6.45, 7) is 6.99. The molecule has 1 aromatic carbocycles. The number of halogens is 3. The van der Waals surface area contributed by atoms with Gasteiger partial charge < -0.3 is 19.6 Å². The second-order valence-corrected chi connectivity index (χ2v) is 7.65. The van der Waals surface area contributed by atoms with Crippen molar-refractivity contribution in [2.24, 2.45) is 0 Å². The lowest BCUT2D eigenvalue weighted by molar-refractivity contribution is -0.192. The van der Waals surface area contributed by atoms with Crippen LogP contribution in [0.15, 0.2) is 28.7 Å². The third-order valence-corrected chi connectivity index (χ3v) is 4.88. The molecule has 1 unspecified atom stereocenters. The summed E-state index contributed by atoms with van der Waals surface area (Å²) in [6.07, 6.45) is -3.25. The van der Waals surface area contributed by atoms with E-state index in [1.807, 2.05) is 6.92 Å². The van der Waals surface area contributed by atoms with Gasteiger partial charge in [0.1, 0.15) is 5.76 Å². The summed E-state index contributed by atoms with van der Waals surface area (Å²) in [7, 11) is 1.61. The molecule has 1 aliphatic heterocycles. The van der Waals surface area contributed by atoms with Crippen molar-refractivity contribution in [3.05, 3.63) is 52.7 Å². The van der Waals surface area contributed by atoms with Crippen LogP contribution in [0.2, 0.25) is 0 Å². The minimum Gasteiger partial charge on any atom is -0.475 e. The lowest BCUT2D eigenvalue weighted by atomic mass is 10.1. The first-order valence-electron chi connectivity index (χ1n) is 10.4. The van der Waals surface area contributed by atoms with E-state index in [2.05, 4.69) is 46.4 Å². The fourth-order valence-electron chi connectivity index (χ4n) is 3.20. The Bertz CT molecular complexity index is 928. The van der Waals surface area contributed by atoms with Crippen LogP contribution in [-0.4, -0.2) is 59.3 Å². The summed E-state index contributed by atoms with van der Waals surface area (Å²) in [5.74, 6) is -2.07. The maximum absolute atomic E-state index is 12.2. The van der Waals surface area contributed by atoms with Crippen LogP contribution in [-0.2, 0) is 35.5 Å². The normalized spacial score (nSPS) is 14.6. The summed E-state index contributed by atoms with van der Waals surface area (Å²) in [4.78, 5) is 27.9. The molecule has 3 rings (SSSR count). The molecule has 0 radical (unpaired) electrons. The molecule has 182 valence electrons. The summed E-state index contributed by atoms with van der Waals surface area (Å²) in [5, 5.41) is 9.96. The Balaban J connectivity index is 0.000000479. The third kappa shape index (κ3) is 8.17. The lowest BCUT2D eigenvalue weighted by Gasteiger charge is -2.25. The lowest BCUT2D eigenvalue weighted by Crippen LogP contribution is -2.35. The molecular formula is C22H28F3N3O5. The number of methoxy groups -OCH3 is 1. The molecule has 0 saturated heterocycles. The topological polar surface area (TPSA) is 105 Å². The predicted molar refractivity (Wildman–Crippen MR) is 113 cm³/mol. The van der Waals surface area contributed by atoms with Gasteiger partial charge in [-0.2, -0.15) is 13.2 Å². The second kappa shape index (κ2) is 11.8. The standard InChI is InChI=1S/C20H27N3O3.C2HF3O2/c1-4-15-5-7-16(8-6-15)11-23-10-9-18-17(12-23)22-20(26-18)19(24)21-14(2)13-25-3;3-2(4,5)1(6)7/h5-8,14H,4,9-13H2,1-3H3,(H,21,24);(H,6,7). The van der Waals surface area contributed by atoms with Gasteiger partial charge in [-0.25, -0.2) is 9.78 Å². The summed E-state index contributed by atoms with van der Waals surface area (Å²) < 4.78 is 42.5. The highest BCUT2D eigenvalue weighted by molar-refractivity contribution is 5.89. The van der Waals surface area contributed by atoms with Crippen LogP contribution in [0.4, 0.5) is 13.2 Å². The summed E-state index contributed by atoms with van der Waals surface area (Å²) in [6, 6.07) is 8.66. The predicted octanol–water partition coefficient (Wildman–Crippen LogP) is 3.19. The van der Waals surface area contributed by atoms with Gasteiger partial charge in [-0.15, -0.1) is 0 Å². The Labute approximate surface area is 189 Å². The van der Waals surface area contributed by atoms with Crippen LogP contribution in [0.1, 0.15) is 47.1 Å². The van der Waals surface area contributed by atoms with E-state index in [1.165, 1.54) is 11.1 Å². The van der Waals surface area contributed by atoms with Gasteiger partial charge in [-0.3, -0.25) is 9.69 Å². The van der Waals surface area contributed by atoms with Gasteiger partial charge in [0.15, 0.2) is 0 Å². The van der Waals surface area contributed by atoms with E-state index in [1.54, 1.807) is 7.11 Å². The van der Waals surface area contributed by atoms with E-state index in [4.69, 9.17) is 19.1 Å². The van der Waals surface area contributed by atoms with Crippen LogP contribution < -0.4 is 5.32 Å². The van der Waals surface area contributed by atoms with Crippen LogP contribution >= 0.6 is 0 Å². The number of alkyl halides is 3. The maximum Gasteiger partial charge on any atom is 0.490 e. The number of carbonyl (C=O) groups is 2. The van der Waals surface area contributed by atoms with Crippen molar-refractivity contribution >= 4 is 11.9 Å². The zero-order valence-corrected chi connectivity index (χ0v) is 18.7. The first-order valence-corrected chi connectivity index (χ1v) is 10.4. The highest BCUT2D eigenvalue weighted by atomic mass is 19.4. The number of aliphatic carboxylic acids is 1. The Morgan fingerprint density at radius 3 is 2.42 bits per heavy atom. The fourth-order valence-corrected chi connectivity index (χ4v) is 3.20. The van der Waals surface area contributed by atoms with E-state index in [-0.39, 0.29) is 17.8 Å². The average molecular weight is 471 g/mol. The number of carboxylic acid groups (broad SMARTS) is 1. The number of hydrogen-bond acceptors (Lipinski definition) is 6. The molecule has 0 saturated carbocycles. The van der Waals surface area contributed by atoms with Crippen LogP contribution in [0.3, 0.4) is 0 Å². The highest BCUT2D eigenvalue weighted by Gasteiger charge is 2.38. The maximum atomic E-state index is 12.2. The van der Waals surface area contributed by atoms with Crippen molar-refractivity contribution in [3.8, 4) is 0 Å². The molecule has 11 heteroatoms.